The van der Waals surface area contributed by atoms with Gasteiger partial charge in [0.15, 0.2) is 5.60 Å². The smallest absolute Gasteiger partial charge is 0.250 e. The third-order valence-corrected chi connectivity index (χ3v) is 2.59. The molecule has 2 rings (SSSR count). The zero-order valence-corrected chi connectivity index (χ0v) is 9.22. The number of hydrogen-bond acceptors (Lipinski definition) is 3. The predicted octanol–water partition coefficient (Wildman–Crippen LogP) is 0.412. The van der Waals surface area contributed by atoms with Gasteiger partial charge in [-0.25, -0.2) is 9.37 Å². The molecule has 6 heteroatoms. The minimum absolute atomic E-state index is 0.0672. The number of aliphatic hydroxyl groups is 1. The number of aromatic nitrogens is 2. The van der Waals surface area contributed by atoms with Crippen LogP contribution in [0.3, 0.4) is 0 Å². The second-order valence-electron chi connectivity index (χ2n) is 4.14. The van der Waals surface area contributed by atoms with E-state index in [9.17, 15) is 14.3 Å². The molecule has 0 aliphatic rings. The van der Waals surface area contributed by atoms with Gasteiger partial charge in [-0.05, 0) is 25.1 Å². The number of halogens is 1. The number of primary amides is 1. The molecule has 0 bridgehead atoms. The second-order valence-corrected chi connectivity index (χ2v) is 4.14. The second kappa shape index (κ2) is 3.81. The van der Waals surface area contributed by atoms with Crippen molar-refractivity contribution in [3.8, 4) is 0 Å². The van der Waals surface area contributed by atoms with Crippen LogP contribution in [0.1, 0.15) is 6.92 Å². The summed E-state index contributed by atoms with van der Waals surface area (Å²) in [5, 5.41) is 9.78. The van der Waals surface area contributed by atoms with Crippen LogP contribution in [0.4, 0.5) is 4.39 Å². The van der Waals surface area contributed by atoms with Gasteiger partial charge in [0.25, 0.3) is 5.91 Å². The van der Waals surface area contributed by atoms with Crippen molar-refractivity contribution in [3.05, 3.63) is 30.3 Å². The molecule has 5 nitrogen and oxygen atoms in total. The third kappa shape index (κ3) is 2.12. The molecular formula is C11H12FN3O2. The quantitative estimate of drug-likeness (QED) is 0.811. The van der Waals surface area contributed by atoms with Crippen LogP contribution in [-0.2, 0) is 11.3 Å². The van der Waals surface area contributed by atoms with Gasteiger partial charge in [0, 0.05) is 0 Å². The Bertz CT molecular complexity index is 577. The minimum Gasteiger partial charge on any atom is -0.378 e. The first kappa shape index (κ1) is 11.5. The Balaban J connectivity index is 2.43. The van der Waals surface area contributed by atoms with E-state index in [2.05, 4.69) is 4.98 Å². The highest BCUT2D eigenvalue weighted by Crippen LogP contribution is 2.17. The Labute approximate surface area is 96.7 Å². The largest absolute Gasteiger partial charge is 0.378 e. The number of nitrogens with two attached hydrogens (primary N) is 1. The number of rotatable bonds is 3. The van der Waals surface area contributed by atoms with Crippen LogP contribution in [0, 0.1) is 5.82 Å². The Hall–Kier alpha value is -1.95. The highest BCUT2D eigenvalue weighted by molar-refractivity contribution is 5.83. The lowest BCUT2D eigenvalue weighted by Crippen LogP contribution is -2.44. The fraction of sp³-hybridized carbons (Fsp3) is 0.273. The standard InChI is InChI=1S/C11H12FN3O2/c1-11(17,10(13)16)5-15-6-14-8-3-2-7(12)4-9(8)15/h2-4,6,17H,5H2,1H3,(H2,13,16)/t11-/m0/s1. The van der Waals surface area contributed by atoms with Crippen molar-refractivity contribution in [2.45, 2.75) is 19.1 Å². The van der Waals surface area contributed by atoms with Gasteiger partial charge >= 0.3 is 0 Å². The zero-order valence-electron chi connectivity index (χ0n) is 9.22. The Morgan fingerprint density at radius 2 is 2.35 bits per heavy atom. The van der Waals surface area contributed by atoms with Crippen molar-refractivity contribution >= 4 is 16.9 Å². The van der Waals surface area contributed by atoms with Crippen molar-refractivity contribution in [3.63, 3.8) is 0 Å². The van der Waals surface area contributed by atoms with Gasteiger partial charge in [0.05, 0.1) is 23.9 Å². The molecular weight excluding hydrogens is 225 g/mol. The van der Waals surface area contributed by atoms with E-state index < -0.39 is 17.3 Å². The summed E-state index contributed by atoms with van der Waals surface area (Å²) in [6, 6.07) is 4.12. The molecule has 17 heavy (non-hydrogen) atoms. The van der Waals surface area contributed by atoms with Gasteiger partial charge in [0.2, 0.25) is 0 Å². The number of hydrogen-bond donors (Lipinski definition) is 2. The van der Waals surface area contributed by atoms with Crippen LogP contribution in [0.2, 0.25) is 0 Å². The molecule has 1 atom stereocenters. The van der Waals surface area contributed by atoms with Gasteiger partial charge < -0.3 is 15.4 Å². The minimum atomic E-state index is -1.69. The molecule has 0 unspecified atom stereocenters. The van der Waals surface area contributed by atoms with Crippen LogP contribution < -0.4 is 5.73 Å². The molecule has 0 radical (unpaired) electrons. The van der Waals surface area contributed by atoms with Gasteiger partial charge in [-0.1, -0.05) is 0 Å². The molecule has 3 N–H and O–H groups in total. The first-order valence-corrected chi connectivity index (χ1v) is 5.03. The molecule has 0 spiro atoms. The Morgan fingerprint density at radius 1 is 1.65 bits per heavy atom. The third-order valence-electron chi connectivity index (χ3n) is 2.59. The first-order chi connectivity index (χ1) is 7.90. The number of carbonyl (C=O) groups is 1. The number of fused-ring (bicyclic) bond motifs is 1. The summed E-state index contributed by atoms with van der Waals surface area (Å²) in [7, 11) is 0. The monoisotopic (exact) mass is 237 g/mol. The predicted molar refractivity (Wildman–Crippen MR) is 59.5 cm³/mol. The van der Waals surface area contributed by atoms with Crippen LogP contribution in [0.25, 0.3) is 11.0 Å². The molecule has 1 heterocycles. The number of benzene rings is 1. The van der Waals surface area contributed by atoms with Gasteiger partial charge in [-0.2, -0.15) is 0 Å². The van der Waals surface area contributed by atoms with Crippen LogP contribution in [0.15, 0.2) is 24.5 Å². The summed E-state index contributed by atoms with van der Waals surface area (Å²) in [5.74, 6) is -1.24. The lowest BCUT2D eigenvalue weighted by molar-refractivity contribution is -0.135. The van der Waals surface area contributed by atoms with E-state index in [0.717, 1.165) is 0 Å². The molecule has 1 amide bonds. The highest BCUT2D eigenvalue weighted by atomic mass is 19.1. The zero-order chi connectivity index (χ0) is 12.6. The summed E-state index contributed by atoms with van der Waals surface area (Å²) < 4.78 is 14.6. The van der Waals surface area contributed by atoms with Crippen LogP contribution in [-0.4, -0.2) is 26.2 Å². The van der Waals surface area contributed by atoms with E-state index in [-0.39, 0.29) is 6.54 Å². The molecule has 1 aromatic carbocycles. The average molecular weight is 237 g/mol. The normalized spacial score (nSPS) is 14.8. The van der Waals surface area contributed by atoms with E-state index >= 15 is 0 Å². The topological polar surface area (TPSA) is 81.1 Å². The molecule has 0 saturated carbocycles. The van der Waals surface area contributed by atoms with Gasteiger partial charge in [0.1, 0.15) is 5.82 Å². The highest BCUT2D eigenvalue weighted by Gasteiger charge is 2.28. The lowest BCUT2D eigenvalue weighted by Gasteiger charge is -2.19. The fourth-order valence-electron chi connectivity index (χ4n) is 1.57. The number of amides is 1. The summed E-state index contributed by atoms with van der Waals surface area (Å²) in [5.41, 5.74) is 4.47. The van der Waals surface area contributed by atoms with Crippen molar-refractivity contribution in [2.24, 2.45) is 5.73 Å². The summed E-state index contributed by atoms with van der Waals surface area (Å²) in [6.07, 6.45) is 1.43. The summed E-state index contributed by atoms with van der Waals surface area (Å²) >= 11 is 0. The van der Waals surface area contributed by atoms with Crippen molar-refractivity contribution < 1.29 is 14.3 Å². The number of nitrogens with zero attached hydrogens (tertiary/aromatic N) is 2. The first-order valence-electron chi connectivity index (χ1n) is 5.03. The van der Waals surface area contributed by atoms with Crippen LogP contribution >= 0.6 is 0 Å². The van der Waals surface area contributed by atoms with E-state index in [1.54, 1.807) is 0 Å². The van der Waals surface area contributed by atoms with Gasteiger partial charge in [-0.3, -0.25) is 4.79 Å². The van der Waals surface area contributed by atoms with E-state index in [0.29, 0.717) is 11.0 Å². The summed E-state index contributed by atoms with van der Waals surface area (Å²) in [6.45, 7) is 1.24. The maximum absolute atomic E-state index is 13.1. The molecule has 90 valence electrons. The number of imidazole rings is 1. The molecule has 0 fully saturated rings. The molecule has 0 saturated heterocycles. The number of carbonyl (C=O) groups excluding carboxylic acids is 1. The van der Waals surface area contributed by atoms with Crippen molar-refractivity contribution in [2.75, 3.05) is 0 Å². The van der Waals surface area contributed by atoms with Crippen LogP contribution in [0.5, 0.6) is 0 Å². The maximum Gasteiger partial charge on any atom is 0.250 e. The Morgan fingerprint density at radius 3 is 3.00 bits per heavy atom. The van der Waals surface area contributed by atoms with E-state index in [1.807, 2.05) is 0 Å². The maximum atomic E-state index is 13.1. The Kier molecular flexibility index (Phi) is 2.59. The molecule has 0 aliphatic heterocycles. The van der Waals surface area contributed by atoms with Crippen molar-refractivity contribution in [1.29, 1.82) is 0 Å². The average Bonchev–Trinajstić information content (AvgIpc) is 2.60. The van der Waals surface area contributed by atoms with E-state index in [4.69, 9.17) is 5.73 Å². The fourth-order valence-corrected chi connectivity index (χ4v) is 1.57. The molecule has 2 aromatic rings. The SMILES string of the molecule is C[C@](O)(Cn1cnc2ccc(F)cc21)C(N)=O. The summed E-state index contributed by atoms with van der Waals surface area (Å²) in [4.78, 5) is 15.1. The molecule has 1 aromatic heterocycles. The van der Waals surface area contributed by atoms with Gasteiger partial charge in [-0.15, -0.1) is 0 Å². The lowest BCUT2D eigenvalue weighted by atomic mass is 10.1. The van der Waals surface area contributed by atoms with E-state index in [1.165, 1.54) is 36.0 Å². The molecule has 0 aliphatic carbocycles. The van der Waals surface area contributed by atoms with Crippen molar-refractivity contribution in [1.82, 2.24) is 9.55 Å².